The predicted molar refractivity (Wildman–Crippen MR) is 107 cm³/mol. The largest absolute Gasteiger partial charge is 0.465 e. The molecule has 3 aromatic rings. The van der Waals surface area contributed by atoms with Crippen LogP contribution in [0.3, 0.4) is 0 Å². The highest BCUT2D eigenvalue weighted by atomic mass is 16.6. The van der Waals surface area contributed by atoms with E-state index in [4.69, 9.17) is 4.74 Å². The number of hydrogen-bond acceptors (Lipinski definition) is 9. The molecule has 0 bridgehead atoms. The van der Waals surface area contributed by atoms with E-state index in [-0.39, 0.29) is 22.9 Å². The molecule has 10 heteroatoms. The molecule has 0 radical (unpaired) electrons. The Bertz CT molecular complexity index is 1070. The van der Waals surface area contributed by atoms with Crippen molar-refractivity contribution >= 4 is 34.8 Å². The normalized spacial score (nSPS) is 10.3. The van der Waals surface area contributed by atoms with Crippen LogP contribution in [0.15, 0.2) is 48.9 Å². The summed E-state index contributed by atoms with van der Waals surface area (Å²) in [7, 11) is 2.84. The van der Waals surface area contributed by atoms with E-state index in [9.17, 15) is 14.9 Å². The van der Waals surface area contributed by atoms with Gasteiger partial charge in [-0.05, 0) is 30.7 Å². The van der Waals surface area contributed by atoms with Crippen LogP contribution in [0.4, 0.5) is 28.8 Å². The zero-order valence-corrected chi connectivity index (χ0v) is 16.0. The highest BCUT2D eigenvalue weighted by Gasteiger charge is 2.28. The Morgan fingerprint density at radius 2 is 1.90 bits per heavy atom. The number of aryl methyl sites for hydroxylation is 1. The molecule has 0 saturated carbocycles. The molecule has 0 fully saturated rings. The first-order valence-corrected chi connectivity index (χ1v) is 8.53. The summed E-state index contributed by atoms with van der Waals surface area (Å²) in [6.45, 7) is 1.82. The van der Waals surface area contributed by atoms with E-state index in [1.165, 1.54) is 18.3 Å². The summed E-state index contributed by atoms with van der Waals surface area (Å²) < 4.78 is 4.80. The Morgan fingerprint density at radius 3 is 2.59 bits per heavy atom. The van der Waals surface area contributed by atoms with Gasteiger partial charge in [-0.3, -0.25) is 10.1 Å². The SMILES string of the molecule is COC(=O)c1ccccc1N(C)c1ncnc(Nc2ncccc2C)c1[N+](=O)[O-]. The zero-order chi connectivity index (χ0) is 21.0. The minimum atomic E-state index is -0.576. The van der Waals surface area contributed by atoms with Crippen molar-refractivity contribution in [2.45, 2.75) is 6.92 Å². The topological polar surface area (TPSA) is 123 Å². The Kier molecular flexibility index (Phi) is 5.63. The van der Waals surface area contributed by atoms with Crippen LogP contribution in [0, 0.1) is 17.0 Å². The van der Waals surface area contributed by atoms with Crippen molar-refractivity contribution in [3.05, 3.63) is 70.2 Å². The molecule has 148 valence electrons. The van der Waals surface area contributed by atoms with Gasteiger partial charge in [0.15, 0.2) is 0 Å². The standard InChI is InChI=1S/C19H18N6O4/c1-12-7-6-10-20-16(12)23-17-15(25(27)28)18(22-11-21-17)24(2)14-9-5-4-8-13(14)19(26)29-3/h4-11H,1-3H3,(H,20,21,22,23). The first-order valence-electron chi connectivity index (χ1n) is 8.53. The summed E-state index contributed by atoms with van der Waals surface area (Å²) in [6, 6.07) is 10.2. The molecule has 0 saturated heterocycles. The molecule has 0 aliphatic heterocycles. The van der Waals surface area contributed by atoms with Gasteiger partial charge < -0.3 is 15.0 Å². The second kappa shape index (κ2) is 8.30. The van der Waals surface area contributed by atoms with Gasteiger partial charge in [0, 0.05) is 13.2 Å². The third-order valence-electron chi connectivity index (χ3n) is 4.22. The van der Waals surface area contributed by atoms with Crippen LogP contribution in [0.25, 0.3) is 0 Å². The van der Waals surface area contributed by atoms with Gasteiger partial charge >= 0.3 is 11.7 Å². The summed E-state index contributed by atoms with van der Waals surface area (Å²) in [5, 5.41) is 14.8. The minimum Gasteiger partial charge on any atom is -0.465 e. The Balaban J connectivity index is 2.10. The van der Waals surface area contributed by atoms with Gasteiger partial charge in [-0.2, -0.15) is 0 Å². The highest BCUT2D eigenvalue weighted by molar-refractivity contribution is 5.97. The van der Waals surface area contributed by atoms with Gasteiger partial charge in [-0.25, -0.2) is 19.7 Å². The molecular formula is C19H18N6O4. The van der Waals surface area contributed by atoms with Gasteiger partial charge in [0.05, 0.1) is 23.3 Å². The Labute approximate surface area is 166 Å². The molecule has 0 atom stereocenters. The lowest BCUT2D eigenvalue weighted by Gasteiger charge is -2.21. The number of ether oxygens (including phenoxy) is 1. The van der Waals surface area contributed by atoms with E-state index in [2.05, 4.69) is 20.3 Å². The number of nitrogens with one attached hydrogen (secondary N) is 1. The number of carbonyl (C=O) groups is 1. The van der Waals surface area contributed by atoms with Crippen molar-refractivity contribution in [1.29, 1.82) is 0 Å². The van der Waals surface area contributed by atoms with Crippen LogP contribution in [0.5, 0.6) is 0 Å². The maximum Gasteiger partial charge on any atom is 0.354 e. The maximum atomic E-state index is 12.1. The lowest BCUT2D eigenvalue weighted by molar-refractivity contribution is -0.383. The summed E-state index contributed by atoms with van der Waals surface area (Å²) >= 11 is 0. The molecule has 1 aromatic carbocycles. The van der Waals surface area contributed by atoms with Crippen LogP contribution in [-0.2, 0) is 4.74 Å². The maximum absolute atomic E-state index is 12.1. The van der Waals surface area contributed by atoms with Crippen molar-refractivity contribution in [2.24, 2.45) is 0 Å². The predicted octanol–water partition coefficient (Wildman–Crippen LogP) is 3.39. The van der Waals surface area contributed by atoms with E-state index in [1.807, 2.05) is 13.0 Å². The van der Waals surface area contributed by atoms with Gasteiger partial charge in [0.2, 0.25) is 11.6 Å². The van der Waals surface area contributed by atoms with Crippen LogP contribution in [-0.4, -0.2) is 40.0 Å². The van der Waals surface area contributed by atoms with E-state index in [0.717, 1.165) is 5.56 Å². The molecule has 10 nitrogen and oxygen atoms in total. The van der Waals surface area contributed by atoms with Crippen LogP contribution >= 0.6 is 0 Å². The molecule has 0 amide bonds. The number of para-hydroxylation sites is 1. The van der Waals surface area contributed by atoms with Crippen LogP contribution < -0.4 is 10.2 Å². The fourth-order valence-corrected chi connectivity index (χ4v) is 2.77. The number of hydrogen-bond donors (Lipinski definition) is 1. The average Bonchev–Trinajstić information content (AvgIpc) is 2.74. The fraction of sp³-hybridized carbons (Fsp3) is 0.158. The quantitative estimate of drug-likeness (QED) is 0.380. The molecule has 2 heterocycles. The Morgan fingerprint density at radius 1 is 1.14 bits per heavy atom. The van der Waals surface area contributed by atoms with Crippen molar-refractivity contribution in [2.75, 3.05) is 24.4 Å². The zero-order valence-electron chi connectivity index (χ0n) is 16.0. The summed E-state index contributed by atoms with van der Waals surface area (Å²) in [6.07, 6.45) is 2.78. The highest BCUT2D eigenvalue weighted by Crippen LogP contribution is 2.37. The average molecular weight is 394 g/mol. The smallest absolute Gasteiger partial charge is 0.354 e. The van der Waals surface area contributed by atoms with E-state index in [1.54, 1.807) is 43.6 Å². The first-order chi connectivity index (χ1) is 13.9. The third kappa shape index (κ3) is 3.95. The number of carbonyl (C=O) groups excluding carboxylic acids is 1. The third-order valence-corrected chi connectivity index (χ3v) is 4.22. The van der Waals surface area contributed by atoms with Crippen LogP contribution in [0.1, 0.15) is 15.9 Å². The number of esters is 1. The molecule has 0 aliphatic rings. The number of pyridine rings is 1. The second-order valence-electron chi connectivity index (χ2n) is 6.01. The molecule has 0 unspecified atom stereocenters. The van der Waals surface area contributed by atoms with Crippen LogP contribution in [0.2, 0.25) is 0 Å². The van der Waals surface area contributed by atoms with Gasteiger partial charge in [0.1, 0.15) is 12.1 Å². The first kappa shape index (κ1) is 19.7. The number of nitro groups is 1. The molecule has 2 aromatic heterocycles. The number of rotatable bonds is 6. The monoisotopic (exact) mass is 394 g/mol. The lowest BCUT2D eigenvalue weighted by Crippen LogP contribution is -2.18. The molecule has 0 aliphatic carbocycles. The Hall–Kier alpha value is -4.08. The second-order valence-corrected chi connectivity index (χ2v) is 6.01. The minimum absolute atomic E-state index is 0.0100. The van der Waals surface area contributed by atoms with Crippen molar-refractivity contribution in [3.63, 3.8) is 0 Å². The molecule has 0 spiro atoms. The van der Waals surface area contributed by atoms with Gasteiger partial charge in [-0.1, -0.05) is 18.2 Å². The number of methoxy groups -OCH3 is 1. The lowest BCUT2D eigenvalue weighted by atomic mass is 10.1. The molecule has 1 N–H and O–H groups in total. The number of nitrogens with zero attached hydrogens (tertiary/aromatic N) is 5. The van der Waals surface area contributed by atoms with E-state index < -0.39 is 10.9 Å². The van der Waals surface area contributed by atoms with Crippen molar-refractivity contribution in [1.82, 2.24) is 15.0 Å². The van der Waals surface area contributed by atoms with Crippen molar-refractivity contribution < 1.29 is 14.5 Å². The molecule has 3 rings (SSSR count). The number of anilines is 4. The summed E-state index contributed by atoms with van der Waals surface area (Å²) in [4.78, 5) is 37.1. The van der Waals surface area contributed by atoms with E-state index in [0.29, 0.717) is 11.5 Å². The van der Waals surface area contributed by atoms with E-state index >= 15 is 0 Å². The van der Waals surface area contributed by atoms with Gasteiger partial charge in [0.25, 0.3) is 0 Å². The molecule has 29 heavy (non-hydrogen) atoms. The molecular weight excluding hydrogens is 376 g/mol. The number of benzene rings is 1. The fourth-order valence-electron chi connectivity index (χ4n) is 2.77. The van der Waals surface area contributed by atoms with Gasteiger partial charge in [-0.15, -0.1) is 0 Å². The number of aromatic nitrogens is 3. The summed E-state index contributed by atoms with van der Waals surface area (Å²) in [5.41, 5.74) is 1.10. The summed E-state index contributed by atoms with van der Waals surface area (Å²) in [5.74, 6) is -0.119. The van der Waals surface area contributed by atoms with Crippen molar-refractivity contribution in [3.8, 4) is 0 Å².